The van der Waals surface area contributed by atoms with Gasteiger partial charge in [-0.05, 0) is 37.3 Å². The van der Waals surface area contributed by atoms with Gasteiger partial charge in [0.25, 0.3) is 0 Å². The van der Waals surface area contributed by atoms with E-state index in [0.29, 0.717) is 17.1 Å². The first-order valence-corrected chi connectivity index (χ1v) is 8.54. The molecule has 2 heterocycles. The zero-order valence-corrected chi connectivity index (χ0v) is 13.9. The van der Waals surface area contributed by atoms with Crippen molar-refractivity contribution in [2.75, 3.05) is 5.32 Å². The topological polar surface area (TPSA) is 54.0 Å². The first-order chi connectivity index (χ1) is 10.3. The van der Waals surface area contributed by atoms with Crippen LogP contribution < -0.4 is 10.6 Å². The van der Waals surface area contributed by atoms with E-state index in [1.165, 1.54) is 37.0 Å². The van der Waals surface area contributed by atoms with E-state index in [0.717, 1.165) is 16.6 Å². The summed E-state index contributed by atoms with van der Waals surface area (Å²) in [5, 5.41) is 7.21. The fraction of sp³-hybridized carbons (Fsp3) is 0.500. The van der Waals surface area contributed by atoms with Gasteiger partial charge >= 0.3 is 0 Å². The molecule has 22 heavy (non-hydrogen) atoms. The number of nitrogens with zero attached hydrogens (tertiary/aromatic N) is 1. The zero-order valence-electron chi connectivity index (χ0n) is 12.2. The van der Waals surface area contributed by atoms with Crippen molar-refractivity contribution in [2.45, 2.75) is 44.2 Å². The number of anilines is 1. The van der Waals surface area contributed by atoms with Crippen LogP contribution in [0.15, 0.2) is 24.3 Å². The van der Waals surface area contributed by atoms with Gasteiger partial charge in [0.2, 0.25) is 5.91 Å². The molecule has 1 saturated carbocycles. The van der Waals surface area contributed by atoms with Crippen LogP contribution >= 0.6 is 23.7 Å². The summed E-state index contributed by atoms with van der Waals surface area (Å²) in [7, 11) is 0. The number of hydrogen-bond donors (Lipinski definition) is 2. The minimum absolute atomic E-state index is 0. The average molecular weight is 338 g/mol. The summed E-state index contributed by atoms with van der Waals surface area (Å²) >= 11 is 1.54. The predicted molar refractivity (Wildman–Crippen MR) is 92.8 cm³/mol. The highest BCUT2D eigenvalue weighted by molar-refractivity contribution is 7.22. The van der Waals surface area contributed by atoms with Crippen molar-refractivity contribution in [2.24, 2.45) is 5.92 Å². The second-order valence-corrected chi connectivity index (χ2v) is 7.11. The summed E-state index contributed by atoms with van der Waals surface area (Å²) in [6, 6.07) is 8.47. The van der Waals surface area contributed by atoms with Gasteiger partial charge in [0.1, 0.15) is 0 Å². The van der Waals surface area contributed by atoms with E-state index in [-0.39, 0.29) is 24.4 Å². The average Bonchev–Trinajstić information content (AvgIpc) is 3.10. The number of halogens is 1. The molecule has 118 valence electrons. The Balaban J connectivity index is 0.00000144. The number of aromatic nitrogens is 1. The standard InChI is InChI=1S/C16H19N3OS.ClH/c20-15(13-9-10-5-1-2-6-11(10)17-13)19-16-18-12-7-3-4-8-14(12)21-16;/h3-4,7-8,10-11,13,17H,1-2,5-6,9H2,(H,18,19,20);1H. The fourth-order valence-electron chi connectivity index (χ4n) is 3.64. The molecule has 4 nitrogen and oxygen atoms in total. The second-order valence-electron chi connectivity index (χ2n) is 6.08. The summed E-state index contributed by atoms with van der Waals surface area (Å²) in [5.41, 5.74) is 0.950. The molecular formula is C16H20ClN3OS. The van der Waals surface area contributed by atoms with Crippen molar-refractivity contribution in [3.8, 4) is 0 Å². The van der Waals surface area contributed by atoms with Crippen LogP contribution in [0.5, 0.6) is 0 Å². The Morgan fingerprint density at radius 3 is 2.91 bits per heavy atom. The van der Waals surface area contributed by atoms with E-state index in [1.54, 1.807) is 0 Å². The lowest BCUT2D eigenvalue weighted by Gasteiger charge is -2.24. The van der Waals surface area contributed by atoms with Gasteiger partial charge in [-0.3, -0.25) is 4.79 Å². The molecule has 1 aliphatic heterocycles. The number of hydrogen-bond acceptors (Lipinski definition) is 4. The third kappa shape index (κ3) is 2.98. The summed E-state index contributed by atoms with van der Waals surface area (Å²) in [5.74, 6) is 0.758. The number of carbonyl (C=O) groups is 1. The van der Waals surface area contributed by atoms with E-state index in [1.807, 2.05) is 24.3 Å². The molecule has 1 aliphatic carbocycles. The number of carbonyl (C=O) groups excluding carboxylic acids is 1. The highest BCUT2D eigenvalue weighted by Gasteiger charge is 2.38. The van der Waals surface area contributed by atoms with Gasteiger partial charge in [-0.1, -0.05) is 36.3 Å². The Hall–Kier alpha value is -1.17. The third-order valence-corrected chi connectivity index (χ3v) is 5.66. The quantitative estimate of drug-likeness (QED) is 0.880. The van der Waals surface area contributed by atoms with E-state index >= 15 is 0 Å². The Kier molecular flexibility index (Phi) is 4.66. The minimum atomic E-state index is -0.0508. The molecular weight excluding hydrogens is 318 g/mol. The second kappa shape index (κ2) is 6.52. The number of thiazole rings is 1. The summed E-state index contributed by atoms with van der Waals surface area (Å²) < 4.78 is 1.11. The third-order valence-electron chi connectivity index (χ3n) is 4.70. The van der Waals surface area contributed by atoms with E-state index in [2.05, 4.69) is 15.6 Å². The van der Waals surface area contributed by atoms with Crippen molar-refractivity contribution in [3.05, 3.63) is 24.3 Å². The first-order valence-electron chi connectivity index (χ1n) is 7.72. The number of nitrogens with one attached hydrogen (secondary N) is 2. The number of benzene rings is 1. The smallest absolute Gasteiger partial charge is 0.243 e. The molecule has 1 aromatic heterocycles. The van der Waals surface area contributed by atoms with Crippen LogP contribution in [0.3, 0.4) is 0 Å². The van der Waals surface area contributed by atoms with Crippen LogP contribution in [-0.2, 0) is 4.79 Å². The molecule has 6 heteroatoms. The maximum absolute atomic E-state index is 12.4. The lowest BCUT2D eigenvalue weighted by molar-refractivity contribution is -0.117. The lowest BCUT2D eigenvalue weighted by Crippen LogP contribution is -2.39. The van der Waals surface area contributed by atoms with Crippen molar-refractivity contribution < 1.29 is 4.79 Å². The van der Waals surface area contributed by atoms with Crippen LogP contribution in [0.1, 0.15) is 32.1 Å². The normalized spacial score (nSPS) is 27.2. The van der Waals surface area contributed by atoms with Gasteiger partial charge < -0.3 is 10.6 Å². The molecule has 0 radical (unpaired) electrons. The predicted octanol–water partition coefficient (Wildman–Crippen LogP) is 3.58. The monoisotopic (exact) mass is 337 g/mol. The Bertz CT molecular complexity index is 627. The minimum Gasteiger partial charge on any atom is -0.303 e. The van der Waals surface area contributed by atoms with Crippen LogP contribution in [-0.4, -0.2) is 23.0 Å². The highest BCUT2D eigenvalue weighted by atomic mass is 35.5. The number of rotatable bonds is 2. The molecule has 3 atom stereocenters. The maximum atomic E-state index is 12.4. The Labute approximate surface area is 140 Å². The lowest BCUT2D eigenvalue weighted by atomic mass is 9.85. The Morgan fingerprint density at radius 1 is 1.27 bits per heavy atom. The SMILES string of the molecule is Cl.O=C(Nc1nc2ccccc2s1)C1CC2CCCCC2N1. The molecule has 1 aromatic carbocycles. The molecule has 0 spiro atoms. The zero-order chi connectivity index (χ0) is 14.2. The van der Waals surface area contributed by atoms with E-state index < -0.39 is 0 Å². The largest absolute Gasteiger partial charge is 0.303 e. The van der Waals surface area contributed by atoms with Gasteiger partial charge in [0, 0.05) is 6.04 Å². The summed E-state index contributed by atoms with van der Waals surface area (Å²) in [6.45, 7) is 0. The Morgan fingerprint density at radius 2 is 2.09 bits per heavy atom. The molecule has 2 aromatic rings. The molecule has 3 unspecified atom stereocenters. The summed E-state index contributed by atoms with van der Waals surface area (Å²) in [4.78, 5) is 16.9. The molecule has 0 bridgehead atoms. The van der Waals surface area contributed by atoms with E-state index in [4.69, 9.17) is 0 Å². The number of fused-ring (bicyclic) bond motifs is 2. The highest BCUT2D eigenvalue weighted by Crippen LogP contribution is 2.34. The maximum Gasteiger partial charge on any atom is 0.243 e. The van der Waals surface area contributed by atoms with Crippen molar-refractivity contribution in [3.63, 3.8) is 0 Å². The van der Waals surface area contributed by atoms with E-state index in [9.17, 15) is 4.79 Å². The van der Waals surface area contributed by atoms with Gasteiger partial charge in [-0.25, -0.2) is 4.98 Å². The molecule has 2 N–H and O–H groups in total. The number of para-hydroxylation sites is 1. The summed E-state index contributed by atoms with van der Waals surface area (Å²) in [6.07, 6.45) is 6.06. The van der Waals surface area contributed by atoms with Gasteiger partial charge in [-0.2, -0.15) is 0 Å². The molecule has 2 fully saturated rings. The van der Waals surface area contributed by atoms with Crippen molar-refractivity contribution >= 4 is 45.0 Å². The van der Waals surface area contributed by atoms with Gasteiger partial charge in [0.15, 0.2) is 5.13 Å². The van der Waals surface area contributed by atoms with Gasteiger partial charge in [-0.15, -0.1) is 12.4 Å². The fourth-order valence-corrected chi connectivity index (χ4v) is 4.51. The van der Waals surface area contributed by atoms with Crippen LogP contribution in [0.25, 0.3) is 10.2 Å². The van der Waals surface area contributed by atoms with Crippen molar-refractivity contribution in [1.82, 2.24) is 10.3 Å². The molecule has 1 saturated heterocycles. The van der Waals surface area contributed by atoms with Crippen molar-refractivity contribution in [1.29, 1.82) is 0 Å². The molecule has 2 aliphatic rings. The van der Waals surface area contributed by atoms with Crippen LogP contribution in [0.4, 0.5) is 5.13 Å². The first kappa shape index (κ1) is 15.7. The van der Waals surface area contributed by atoms with Crippen LogP contribution in [0.2, 0.25) is 0 Å². The van der Waals surface area contributed by atoms with Gasteiger partial charge in [0.05, 0.1) is 16.3 Å². The van der Waals surface area contributed by atoms with Crippen LogP contribution in [0, 0.1) is 5.92 Å². The number of amides is 1. The molecule has 4 rings (SSSR count). The molecule has 1 amide bonds.